The van der Waals surface area contributed by atoms with Crippen LogP contribution in [0.5, 0.6) is 0 Å². The second-order valence-corrected chi connectivity index (χ2v) is 24.4. The molecule has 4 heteroatoms. The number of nitrogens with zero attached hydrogens (tertiary/aromatic N) is 2. The zero-order valence-corrected chi connectivity index (χ0v) is 33.6. The molecule has 0 N–H and O–H groups in total. The second kappa shape index (κ2) is 12.7. The third-order valence-corrected chi connectivity index (χ3v) is 19.0. The number of hydrogen-bond acceptors (Lipinski definition) is 2. The molecule has 7 aromatic carbocycles. The number of benzene rings is 7. The third-order valence-electron chi connectivity index (χ3n) is 11.9. The highest BCUT2D eigenvalue weighted by Gasteiger charge is 2.43. The molecule has 0 atom stereocenters. The number of fused-ring (bicyclic) bond motifs is 6. The molecular formula is C51H40N2Si2. The van der Waals surface area contributed by atoms with E-state index in [4.69, 9.17) is 9.98 Å². The van der Waals surface area contributed by atoms with Gasteiger partial charge in [-0.2, -0.15) is 0 Å². The van der Waals surface area contributed by atoms with Crippen LogP contribution in [0.2, 0.25) is 26.2 Å². The number of allylic oxidation sites excluding steroid dienone is 1. The Kier molecular flexibility index (Phi) is 7.72. The van der Waals surface area contributed by atoms with Gasteiger partial charge in [0.1, 0.15) is 21.8 Å². The molecule has 10 rings (SSSR count). The molecule has 55 heavy (non-hydrogen) atoms. The van der Waals surface area contributed by atoms with Gasteiger partial charge in [-0.15, -0.1) is 0 Å². The van der Waals surface area contributed by atoms with Crippen molar-refractivity contribution in [1.29, 1.82) is 0 Å². The lowest BCUT2D eigenvalue weighted by Gasteiger charge is -2.23. The topological polar surface area (TPSA) is 24.7 Å². The number of hydrogen-bond donors (Lipinski definition) is 0. The molecular weight excluding hydrogens is 697 g/mol. The predicted molar refractivity (Wildman–Crippen MR) is 239 cm³/mol. The van der Waals surface area contributed by atoms with Gasteiger partial charge in [0.25, 0.3) is 0 Å². The highest BCUT2D eigenvalue weighted by molar-refractivity contribution is 7.05. The molecule has 2 nitrogen and oxygen atoms in total. The van der Waals surface area contributed by atoms with Gasteiger partial charge in [0.05, 0.1) is 5.71 Å². The van der Waals surface area contributed by atoms with E-state index in [0.29, 0.717) is 0 Å². The average molecular weight is 737 g/mol. The molecule has 0 radical (unpaired) electrons. The van der Waals surface area contributed by atoms with E-state index in [9.17, 15) is 0 Å². The van der Waals surface area contributed by atoms with Gasteiger partial charge in [-0.3, -0.25) is 0 Å². The van der Waals surface area contributed by atoms with Crippen LogP contribution in [0.3, 0.4) is 0 Å². The van der Waals surface area contributed by atoms with Crippen molar-refractivity contribution in [1.82, 2.24) is 0 Å². The summed E-state index contributed by atoms with van der Waals surface area (Å²) in [6.07, 6.45) is 2.05. The Balaban J connectivity index is 1.24. The van der Waals surface area contributed by atoms with Gasteiger partial charge in [-0.1, -0.05) is 190 Å². The SMILES string of the molecule is C[Si]1(C)c2cccc(C3=C=CC(c4ccccc4)=NC(c4ccc(-c5ccccc5)c5c4-c4ccccc4[Si]5(C)C)=N3)c2-c2cccc(-c3ccccc3)c21. The minimum Gasteiger partial charge on any atom is -0.227 e. The van der Waals surface area contributed by atoms with Crippen LogP contribution >= 0.6 is 0 Å². The van der Waals surface area contributed by atoms with Crippen LogP contribution < -0.4 is 20.7 Å². The van der Waals surface area contributed by atoms with E-state index in [0.717, 1.165) is 33.9 Å². The second-order valence-electron chi connectivity index (χ2n) is 15.8. The molecule has 262 valence electrons. The fourth-order valence-electron chi connectivity index (χ4n) is 9.41. The molecule has 0 spiro atoms. The van der Waals surface area contributed by atoms with Crippen LogP contribution in [0, 0.1) is 0 Å². The Labute approximate surface area is 325 Å². The zero-order valence-electron chi connectivity index (χ0n) is 31.6. The Morgan fingerprint density at radius 2 is 0.891 bits per heavy atom. The molecule has 3 aliphatic rings. The van der Waals surface area contributed by atoms with Gasteiger partial charge in [-0.05, 0) is 71.3 Å². The Morgan fingerprint density at radius 3 is 1.60 bits per heavy atom. The van der Waals surface area contributed by atoms with E-state index in [1.807, 2.05) is 6.08 Å². The molecule has 0 amide bonds. The maximum absolute atomic E-state index is 5.61. The van der Waals surface area contributed by atoms with Crippen LogP contribution in [-0.4, -0.2) is 27.7 Å². The number of aliphatic imine (C=N–C) groups is 2. The summed E-state index contributed by atoms with van der Waals surface area (Å²) in [6, 6.07) is 59.5. The Bertz CT molecular complexity index is 2820. The number of amidine groups is 1. The molecule has 0 bridgehead atoms. The van der Waals surface area contributed by atoms with Gasteiger partial charge in [0, 0.05) is 22.8 Å². The van der Waals surface area contributed by atoms with Crippen molar-refractivity contribution in [2.45, 2.75) is 26.2 Å². The molecule has 0 aliphatic carbocycles. The molecule has 7 aromatic rings. The van der Waals surface area contributed by atoms with Crippen LogP contribution in [0.15, 0.2) is 186 Å². The molecule has 0 unspecified atom stereocenters. The van der Waals surface area contributed by atoms with E-state index in [1.165, 1.54) is 65.3 Å². The summed E-state index contributed by atoms with van der Waals surface area (Å²) < 4.78 is 0. The Morgan fingerprint density at radius 1 is 0.382 bits per heavy atom. The first-order chi connectivity index (χ1) is 26.8. The van der Waals surface area contributed by atoms with Crippen LogP contribution in [-0.2, 0) is 0 Å². The summed E-state index contributed by atoms with van der Waals surface area (Å²) in [4.78, 5) is 11.1. The van der Waals surface area contributed by atoms with Gasteiger partial charge < -0.3 is 0 Å². The molecule has 3 aliphatic heterocycles. The highest BCUT2D eigenvalue weighted by atomic mass is 28.3. The lowest BCUT2D eigenvalue weighted by molar-refractivity contribution is 1.46. The van der Waals surface area contributed by atoms with Crippen LogP contribution in [0.4, 0.5) is 0 Å². The van der Waals surface area contributed by atoms with Gasteiger partial charge in [-0.25, -0.2) is 9.98 Å². The molecule has 0 saturated carbocycles. The molecule has 0 fully saturated rings. The standard InChI is InChI=1S/C51H40N2Si2/c1-54(2)45-28-15-14-24-40(45)48-42(31-30-38(50(48)54)35-20-10-6-11-21-35)51-52-43(36-22-12-7-13-23-36)32-33-44(53-51)39-26-17-29-46-47(39)41-27-16-25-37(49(41)55(46,3)4)34-18-8-5-9-19-34/h5-32H,1-4H3. The minimum absolute atomic E-state index is 0.720. The first-order valence-corrected chi connectivity index (χ1v) is 25.2. The summed E-state index contributed by atoms with van der Waals surface area (Å²) in [5.74, 6) is 0.720. The first-order valence-electron chi connectivity index (χ1n) is 19.2. The minimum atomic E-state index is -2.11. The molecule has 0 saturated heterocycles. The lowest BCUT2D eigenvalue weighted by Crippen LogP contribution is -2.50. The van der Waals surface area contributed by atoms with Crippen LogP contribution in [0.25, 0.3) is 50.2 Å². The van der Waals surface area contributed by atoms with Crippen molar-refractivity contribution >= 4 is 54.1 Å². The third kappa shape index (κ3) is 5.21. The van der Waals surface area contributed by atoms with E-state index < -0.39 is 16.1 Å². The van der Waals surface area contributed by atoms with Gasteiger partial charge in [0.15, 0.2) is 5.84 Å². The predicted octanol–water partition coefficient (Wildman–Crippen LogP) is 10.1. The highest BCUT2D eigenvalue weighted by Crippen LogP contribution is 2.40. The van der Waals surface area contributed by atoms with Crippen molar-refractivity contribution < 1.29 is 0 Å². The van der Waals surface area contributed by atoms with Crippen molar-refractivity contribution in [3.63, 3.8) is 0 Å². The van der Waals surface area contributed by atoms with Crippen molar-refractivity contribution in [2.75, 3.05) is 0 Å². The lowest BCUT2D eigenvalue weighted by atomic mass is 9.93. The summed E-state index contributed by atoms with van der Waals surface area (Å²) in [7, 11) is -4.21. The smallest absolute Gasteiger partial charge is 0.161 e. The molecule has 3 heterocycles. The molecule has 0 aromatic heterocycles. The first kappa shape index (κ1) is 33.4. The van der Waals surface area contributed by atoms with Crippen LogP contribution in [0.1, 0.15) is 16.7 Å². The van der Waals surface area contributed by atoms with E-state index in [-0.39, 0.29) is 0 Å². The summed E-state index contributed by atoms with van der Waals surface area (Å²) in [5.41, 5.74) is 18.9. The average Bonchev–Trinajstić information content (AvgIpc) is 3.47. The summed E-state index contributed by atoms with van der Waals surface area (Å²) >= 11 is 0. The summed E-state index contributed by atoms with van der Waals surface area (Å²) in [5, 5.41) is 5.85. The van der Waals surface area contributed by atoms with Gasteiger partial charge >= 0.3 is 0 Å². The monoisotopic (exact) mass is 736 g/mol. The fraction of sp³-hybridized carbons (Fsp3) is 0.0784. The Hall–Kier alpha value is -6.17. The number of rotatable bonds is 5. The summed E-state index contributed by atoms with van der Waals surface area (Å²) in [6.45, 7) is 9.98. The quantitative estimate of drug-likeness (QED) is 0.124. The normalized spacial score (nSPS) is 15.5. The maximum Gasteiger partial charge on any atom is 0.161 e. The zero-order chi connectivity index (χ0) is 37.3. The van der Waals surface area contributed by atoms with E-state index >= 15 is 0 Å². The van der Waals surface area contributed by atoms with E-state index in [1.54, 1.807) is 0 Å². The van der Waals surface area contributed by atoms with Crippen molar-refractivity contribution in [2.24, 2.45) is 9.98 Å². The maximum atomic E-state index is 5.61. The van der Waals surface area contributed by atoms with E-state index in [2.05, 4.69) is 196 Å². The van der Waals surface area contributed by atoms with Crippen molar-refractivity contribution in [3.8, 4) is 44.5 Å². The fourth-order valence-corrected chi connectivity index (χ4v) is 16.3. The largest absolute Gasteiger partial charge is 0.227 e. The van der Waals surface area contributed by atoms with Gasteiger partial charge in [0.2, 0.25) is 0 Å². The van der Waals surface area contributed by atoms with Crippen molar-refractivity contribution in [3.05, 3.63) is 192 Å².